The Bertz CT molecular complexity index is 431. The Labute approximate surface area is 125 Å². The Kier molecular flexibility index (Phi) is 6.63. The predicted octanol–water partition coefficient (Wildman–Crippen LogP) is 3.54. The van der Waals surface area contributed by atoms with E-state index >= 15 is 0 Å². The molecule has 1 aliphatic heterocycles. The number of carbonyl (C=O) groups excluding carboxylic acids is 1. The normalized spacial score (nSPS) is 17.9. The highest BCUT2D eigenvalue weighted by molar-refractivity contribution is 6.31. The van der Waals surface area contributed by atoms with Gasteiger partial charge in [0, 0.05) is 23.2 Å². The highest BCUT2D eigenvalue weighted by atomic mass is 35.5. The SMILES string of the molecule is Cc1ccc(NC(=O)CCC2CCCN2)cc1Cl.Cl. The van der Waals surface area contributed by atoms with Crippen molar-refractivity contribution in [3.63, 3.8) is 0 Å². The molecular weight excluding hydrogens is 283 g/mol. The zero-order valence-corrected chi connectivity index (χ0v) is 12.6. The molecule has 0 bridgehead atoms. The van der Waals surface area contributed by atoms with Crippen molar-refractivity contribution in [3.05, 3.63) is 28.8 Å². The molecule has 1 unspecified atom stereocenters. The molecule has 5 heteroatoms. The second kappa shape index (κ2) is 7.73. The summed E-state index contributed by atoms with van der Waals surface area (Å²) in [5.41, 5.74) is 1.79. The number of halogens is 2. The van der Waals surface area contributed by atoms with E-state index in [1.54, 1.807) is 6.07 Å². The van der Waals surface area contributed by atoms with Gasteiger partial charge in [0.05, 0.1) is 0 Å². The largest absolute Gasteiger partial charge is 0.326 e. The van der Waals surface area contributed by atoms with Gasteiger partial charge in [-0.2, -0.15) is 0 Å². The van der Waals surface area contributed by atoms with Gasteiger partial charge >= 0.3 is 0 Å². The number of hydrogen-bond acceptors (Lipinski definition) is 2. The average Bonchev–Trinajstić information content (AvgIpc) is 2.84. The van der Waals surface area contributed by atoms with E-state index in [9.17, 15) is 4.79 Å². The first-order valence-corrected chi connectivity index (χ1v) is 6.82. The maximum atomic E-state index is 11.8. The molecule has 2 N–H and O–H groups in total. The lowest BCUT2D eigenvalue weighted by Gasteiger charge is -2.10. The topological polar surface area (TPSA) is 41.1 Å². The Balaban J connectivity index is 0.00000180. The number of rotatable bonds is 4. The summed E-state index contributed by atoms with van der Waals surface area (Å²) in [5, 5.41) is 6.96. The minimum atomic E-state index is 0. The fourth-order valence-corrected chi connectivity index (χ4v) is 2.38. The summed E-state index contributed by atoms with van der Waals surface area (Å²) in [5.74, 6) is 0.0589. The number of anilines is 1. The van der Waals surface area contributed by atoms with Gasteiger partial charge < -0.3 is 10.6 Å². The molecule has 1 saturated heterocycles. The first-order chi connectivity index (χ1) is 8.65. The van der Waals surface area contributed by atoms with E-state index in [0.29, 0.717) is 17.5 Å². The van der Waals surface area contributed by atoms with Crippen molar-refractivity contribution in [2.24, 2.45) is 0 Å². The van der Waals surface area contributed by atoms with Gasteiger partial charge in [0.2, 0.25) is 5.91 Å². The van der Waals surface area contributed by atoms with Gasteiger partial charge in [-0.1, -0.05) is 17.7 Å². The van der Waals surface area contributed by atoms with E-state index in [-0.39, 0.29) is 18.3 Å². The molecule has 106 valence electrons. The molecule has 0 radical (unpaired) electrons. The van der Waals surface area contributed by atoms with Crippen LogP contribution in [0.5, 0.6) is 0 Å². The van der Waals surface area contributed by atoms with Gasteiger partial charge in [0.15, 0.2) is 0 Å². The summed E-state index contributed by atoms with van der Waals surface area (Å²) >= 11 is 6.02. The molecule has 0 aromatic heterocycles. The first-order valence-electron chi connectivity index (χ1n) is 6.44. The smallest absolute Gasteiger partial charge is 0.224 e. The Morgan fingerprint density at radius 3 is 2.95 bits per heavy atom. The minimum absolute atomic E-state index is 0. The van der Waals surface area contributed by atoms with Crippen molar-refractivity contribution >= 4 is 35.6 Å². The van der Waals surface area contributed by atoms with Crippen molar-refractivity contribution in [2.45, 2.75) is 38.6 Å². The van der Waals surface area contributed by atoms with E-state index in [4.69, 9.17) is 11.6 Å². The summed E-state index contributed by atoms with van der Waals surface area (Å²) in [6, 6.07) is 6.10. The molecule has 1 aromatic carbocycles. The van der Waals surface area contributed by atoms with Gasteiger partial charge in [0.25, 0.3) is 0 Å². The van der Waals surface area contributed by atoms with Gasteiger partial charge in [-0.05, 0) is 50.4 Å². The Hall–Kier alpha value is -0.770. The lowest BCUT2D eigenvalue weighted by molar-refractivity contribution is -0.116. The molecule has 1 aromatic rings. The molecule has 3 nitrogen and oxygen atoms in total. The van der Waals surface area contributed by atoms with E-state index < -0.39 is 0 Å². The van der Waals surface area contributed by atoms with E-state index in [1.807, 2.05) is 19.1 Å². The van der Waals surface area contributed by atoms with E-state index in [2.05, 4.69) is 10.6 Å². The third-order valence-electron chi connectivity index (χ3n) is 3.34. The average molecular weight is 303 g/mol. The highest BCUT2D eigenvalue weighted by Crippen LogP contribution is 2.20. The minimum Gasteiger partial charge on any atom is -0.326 e. The lowest BCUT2D eigenvalue weighted by atomic mass is 10.1. The van der Waals surface area contributed by atoms with Crippen LogP contribution >= 0.6 is 24.0 Å². The van der Waals surface area contributed by atoms with Gasteiger partial charge in [-0.15, -0.1) is 12.4 Å². The summed E-state index contributed by atoms with van der Waals surface area (Å²) in [6.45, 7) is 3.03. The molecule has 1 heterocycles. The standard InChI is InChI=1S/C14H19ClN2O.ClH/c1-10-4-5-12(9-13(10)15)17-14(18)7-6-11-3-2-8-16-11;/h4-5,9,11,16H,2-3,6-8H2,1H3,(H,17,18);1H. The second-order valence-corrected chi connectivity index (χ2v) is 5.25. The number of hydrogen-bond donors (Lipinski definition) is 2. The van der Waals surface area contributed by atoms with Gasteiger partial charge in [-0.3, -0.25) is 4.79 Å². The van der Waals surface area contributed by atoms with Crippen LogP contribution < -0.4 is 10.6 Å². The zero-order chi connectivity index (χ0) is 13.0. The van der Waals surface area contributed by atoms with Crippen LogP contribution in [0.4, 0.5) is 5.69 Å². The fraction of sp³-hybridized carbons (Fsp3) is 0.500. The number of benzene rings is 1. The monoisotopic (exact) mass is 302 g/mol. The van der Waals surface area contributed by atoms with Crippen molar-refractivity contribution in [3.8, 4) is 0 Å². The molecule has 1 atom stereocenters. The van der Waals surface area contributed by atoms with Crippen LogP contribution in [-0.2, 0) is 4.79 Å². The first kappa shape index (κ1) is 16.3. The van der Waals surface area contributed by atoms with E-state index in [1.165, 1.54) is 12.8 Å². The van der Waals surface area contributed by atoms with Gasteiger partial charge in [0.1, 0.15) is 0 Å². The Morgan fingerprint density at radius 1 is 1.53 bits per heavy atom. The molecule has 1 aliphatic rings. The number of carbonyl (C=O) groups is 1. The van der Waals surface area contributed by atoms with Crippen molar-refractivity contribution in [1.29, 1.82) is 0 Å². The van der Waals surface area contributed by atoms with Crippen LogP contribution in [0.15, 0.2) is 18.2 Å². The molecule has 0 saturated carbocycles. The highest BCUT2D eigenvalue weighted by Gasteiger charge is 2.15. The number of nitrogens with one attached hydrogen (secondary N) is 2. The van der Waals surface area contributed by atoms with Crippen LogP contribution in [0.3, 0.4) is 0 Å². The van der Waals surface area contributed by atoms with E-state index in [0.717, 1.165) is 24.2 Å². The summed E-state index contributed by atoms with van der Waals surface area (Å²) in [6.07, 6.45) is 3.87. The molecule has 0 aliphatic carbocycles. The zero-order valence-electron chi connectivity index (χ0n) is 11.0. The molecule has 2 rings (SSSR count). The summed E-state index contributed by atoms with van der Waals surface area (Å²) in [4.78, 5) is 11.8. The lowest BCUT2D eigenvalue weighted by Crippen LogP contribution is -2.23. The molecule has 1 fully saturated rings. The van der Waals surface area contributed by atoms with Crippen molar-refractivity contribution in [2.75, 3.05) is 11.9 Å². The summed E-state index contributed by atoms with van der Waals surface area (Å²) < 4.78 is 0. The number of aryl methyl sites for hydroxylation is 1. The number of amides is 1. The van der Waals surface area contributed by atoms with Crippen molar-refractivity contribution in [1.82, 2.24) is 5.32 Å². The fourth-order valence-electron chi connectivity index (χ4n) is 2.20. The van der Waals surface area contributed by atoms with Crippen LogP contribution in [0.2, 0.25) is 5.02 Å². The molecule has 1 amide bonds. The van der Waals surface area contributed by atoms with Crippen LogP contribution in [0, 0.1) is 6.92 Å². The Morgan fingerprint density at radius 2 is 2.32 bits per heavy atom. The van der Waals surface area contributed by atoms with Crippen LogP contribution in [-0.4, -0.2) is 18.5 Å². The molecule has 0 spiro atoms. The third-order valence-corrected chi connectivity index (χ3v) is 3.75. The van der Waals surface area contributed by atoms with Gasteiger partial charge in [-0.25, -0.2) is 0 Å². The third kappa shape index (κ3) is 5.01. The predicted molar refractivity (Wildman–Crippen MR) is 82.3 cm³/mol. The summed E-state index contributed by atoms with van der Waals surface area (Å²) in [7, 11) is 0. The second-order valence-electron chi connectivity index (χ2n) is 4.84. The van der Waals surface area contributed by atoms with Crippen LogP contribution in [0.1, 0.15) is 31.2 Å². The maximum absolute atomic E-state index is 11.8. The molecule has 19 heavy (non-hydrogen) atoms. The van der Waals surface area contributed by atoms with Crippen LogP contribution in [0.25, 0.3) is 0 Å². The quantitative estimate of drug-likeness (QED) is 0.893. The van der Waals surface area contributed by atoms with Crippen molar-refractivity contribution < 1.29 is 4.79 Å². The molecular formula is C14H20Cl2N2O. The maximum Gasteiger partial charge on any atom is 0.224 e.